The van der Waals surface area contributed by atoms with Crippen LogP contribution in [0.2, 0.25) is 10.0 Å². The monoisotopic (exact) mass is 523 g/mol. The smallest absolute Gasteiger partial charge is 0.177 e. The van der Waals surface area contributed by atoms with Gasteiger partial charge in [0.25, 0.3) is 0 Å². The van der Waals surface area contributed by atoms with Gasteiger partial charge in [0, 0.05) is 53.3 Å². The van der Waals surface area contributed by atoms with Gasteiger partial charge < -0.3 is 14.4 Å². The van der Waals surface area contributed by atoms with Crippen molar-refractivity contribution in [1.82, 2.24) is 20.2 Å². The molecule has 3 aromatic heterocycles. The fourth-order valence-corrected chi connectivity index (χ4v) is 4.91. The quantitative estimate of drug-likeness (QED) is 0.329. The lowest BCUT2D eigenvalue weighted by Crippen LogP contribution is -2.56. The lowest BCUT2D eigenvalue weighted by Gasteiger charge is -2.49. The fraction of sp³-hybridized carbons (Fsp3) is 0.280. The minimum absolute atomic E-state index is 0.0265. The number of ether oxygens (including phenoxy) is 2. The first-order chi connectivity index (χ1) is 17.2. The van der Waals surface area contributed by atoms with E-state index in [1.54, 1.807) is 24.4 Å². The number of H-pyrrole nitrogens is 1. The van der Waals surface area contributed by atoms with Crippen LogP contribution in [-0.4, -0.2) is 39.4 Å². The van der Waals surface area contributed by atoms with E-state index in [2.05, 4.69) is 45.0 Å². The van der Waals surface area contributed by atoms with Crippen LogP contribution in [-0.2, 0) is 0 Å². The number of aromatic nitrogens is 4. The van der Waals surface area contributed by atoms with Crippen molar-refractivity contribution in [2.45, 2.75) is 32.0 Å². The van der Waals surface area contributed by atoms with Crippen LogP contribution >= 0.6 is 23.2 Å². The van der Waals surface area contributed by atoms with Crippen molar-refractivity contribution in [1.29, 1.82) is 5.26 Å². The average Bonchev–Trinajstić information content (AvgIpc) is 3.25. The van der Waals surface area contributed by atoms with E-state index in [1.807, 2.05) is 0 Å². The average molecular weight is 524 g/mol. The van der Waals surface area contributed by atoms with Crippen LogP contribution in [0.15, 0.2) is 36.8 Å². The Labute approximate surface area is 217 Å². The molecule has 0 saturated carbocycles. The predicted molar refractivity (Wildman–Crippen MR) is 138 cm³/mol. The molecular weight excluding hydrogens is 501 g/mol. The van der Waals surface area contributed by atoms with Gasteiger partial charge in [0.05, 0.1) is 28.2 Å². The van der Waals surface area contributed by atoms with Crippen LogP contribution in [0.1, 0.15) is 37.6 Å². The number of halogens is 2. The number of nitrogens with one attached hydrogen (secondary N) is 1. The molecule has 1 atom stereocenters. The number of aromatic amines is 1. The normalized spacial score (nSPS) is 15.3. The third-order valence-electron chi connectivity index (χ3n) is 6.47. The lowest BCUT2D eigenvalue weighted by atomic mass is 9.88. The van der Waals surface area contributed by atoms with Crippen LogP contribution in [0.3, 0.4) is 0 Å². The van der Waals surface area contributed by atoms with Gasteiger partial charge in [-0.2, -0.15) is 10.4 Å². The zero-order chi connectivity index (χ0) is 25.6. The Kier molecular flexibility index (Phi) is 6.12. The number of rotatable bonds is 6. The summed E-state index contributed by atoms with van der Waals surface area (Å²) in [6.45, 7) is 5.15. The number of benzene rings is 1. The van der Waals surface area contributed by atoms with E-state index < -0.39 is 6.23 Å². The number of nitrogens with zero attached hydrogens (tertiary/aromatic N) is 5. The van der Waals surface area contributed by atoms with Gasteiger partial charge in [-0.3, -0.25) is 15.8 Å². The predicted octanol–water partition coefficient (Wildman–Crippen LogP) is 5.23. The number of fused-ring (bicyclic) bond motifs is 1. The van der Waals surface area contributed by atoms with Gasteiger partial charge in [-0.25, -0.2) is 4.98 Å². The van der Waals surface area contributed by atoms with Crippen molar-refractivity contribution in [3.8, 4) is 28.8 Å². The number of hydrogen-bond donors (Lipinski definition) is 2. The molecule has 0 aliphatic carbocycles. The molecule has 1 aliphatic rings. The molecule has 1 saturated heterocycles. The largest absolute Gasteiger partial charge is 0.493 e. The molecule has 1 aromatic carbocycles. The maximum Gasteiger partial charge on any atom is 0.177 e. The molecule has 9 nitrogen and oxygen atoms in total. The summed E-state index contributed by atoms with van der Waals surface area (Å²) in [6, 6.07) is 7.62. The molecule has 4 aromatic rings. The van der Waals surface area contributed by atoms with E-state index in [1.165, 1.54) is 19.5 Å². The van der Waals surface area contributed by atoms with Crippen molar-refractivity contribution in [3.63, 3.8) is 0 Å². The Bertz CT molecular complexity index is 1490. The van der Waals surface area contributed by atoms with Gasteiger partial charge in [0.1, 0.15) is 17.6 Å². The van der Waals surface area contributed by atoms with Crippen molar-refractivity contribution in [2.75, 3.05) is 18.6 Å². The summed E-state index contributed by atoms with van der Waals surface area (Å²) in [5.41, 5.74) is 9.20. The number of methoxy groups -OCH3 is 1. The topological polar surface area (TPSA) is 126 Å². The molecule has 5 rings (SSSR count). The molecule has 0 radical (unpaired) electrons. The van der Waals surface area contributed by atoms with Crippen LogP contribution in [0, 0.1) is 11.3 Å². The maximum absolute atomic E-state index is 9.84. The second-order valence-corrected chi connectivity index (χ2v) is 9.91. The highest BCUT2D eigenvalue weighted by molar-refractivity contribution is 6.35. The number of pyridine rings is 2. The third kappa shape index (κ3) is 4.07. The summed E-state index contributed by atoms with van der Waals surface area (Å²) < 4.78 is 11.5. The second kappa shape index (κ2) is 9.13. The van der Waals surface area contributed by atoms with Gasteiger partial charge in [-0.15, -0.1) is 0 Å². The first-order valence-electron chi connectivity index (χ1n) is 11.2. The third-order valence-corrected chi connectivity index (χ3v) is 7.07. The number of anilines is 1. The maximum atomic E-state index is 9.84. The molecule has 184 valence electrons. The molecule has 1 fully saturated rings. The van der Waals surface area contributed by atoms with Crippen LogP contribution in [0.4, 0.5) is 5.82 Å². The van der Waals surface area contributed by atoms with E-state index in [4.69, 9.17) is 38.4 Å². The first-order valence-corrected chi connectivity index (χ1v) is 11.9. The minimum atomic E-state index is -0.972. The summed E-state index contributed by atoms with van der Waals surface area (Å²) in [6.07, 6.45) is 4.71. The highest BCUT2D eigenvalue weighted by Gasteiger charge is 2.38. The van der Waals surface area contributed by atoms with Crippen LogP contribution in [0.5, 0.6) is 11.5 Å². The van der Waals surface area contributed by atoms with E-state index in [9.17, 15) is 5.26 Å². The summed E-state index contributed by atoms with van der Waals surface area (Å²) in [4.78, 5) is 10.7. The molecule has 0 bridgehead atoms. The number of nitriles is 1. The van der Waals surface area contributed by atoms with E-state index >= 15 is 0 Å². The van der Waals surface area contributed by atoms with E-state index in [-0.39, 0.29) is 5.54 Å². The Balaban J connectivity index is 1.54. The highest BCUT2D eigenvalue weighted by atomic mass is 35.5. The Morgan fingerprint density at radius 2 is 1.92 bits per heavy atom. The number of hydrogen-bond acceptors (Lipinski definition) is 8. The Morgan fingerprint density at radius 1 is 1.17 bits per heavy atom. The molecule has 1 aliphatic heterocycles. The molecule has 0 amide bonds. The Hall–Kier alpha value is -3.58. The summed E-state index contributed by atoms with van der Waals surface area (Å²) in [5, 5.41) is 18.7. The fourth-order valence-electron chi connectivity index (χ4n) is 4.33. The summed E-state index contributed by atoms with van der Waals surface area (Å²) in [5.74, 6) is 1.50. The molecular formula is C25H23Cl2N7O2. The molecule has 4 heterocycles. The SMILES string of the molecule is COc1cc2[nH]nc(-c3cnc(N4CCC4(C)C)c(C#N)c3)c2cc1O[C@H](N)c1c(Cl)cncc1Cl. The zero-order valence-electron chi connectivity index (χ0n) is 19.8. The van der Waals surface area contributed by atoms with Crippen LogP contribution in [0.25, 0.3) is 22.2 Å². The molecule has 36 heavy (non-hydrogen) atoms. The van der Waals surface area contributed by atoms with Gasteiger partial charge in [-0.05, 0) is 32.4 Å². The Morgan fingerprint density at radius 3 is 2.53 bits per heavy atom. The van der Waals surface area contributed by atoms with Gasteiger partial charge >= 0.3 is 0 Å². The van der Waals surface area contributed by atoms with Crippen molar-refractivity contribution in [2.24, 2.45) is 5.73 Å². The van der Waals surface area contributed by atoms with Crippen molar-refractivity contribution in [3.05, 3.63) is 58.0 Å². The van der Waals surface area contributed by atoms with Crippen molar-refractivity contribution >= 4 is 39.9 Å². The molecule has 11 heteroatoms. The minimum Gasteiger partial charge on any atom is -0.493 e. The van der Waals surface area contributed by atoms with Gasteiger partial charge in [-0.1, -0.05) is 23.2 Å². The van der Waals surface area contributed by atoms with E-state index in [0.29, 0.717) is 55.3 Å². The molecule has 0 unspecified atom stereocenters. The highest BCUT2D eigenvalue weighted by Crippen LogP contribution is 2.40. The summed E-state index contributed by atoms with van der Waals surface area (Å²) >= 11 is 12.5. The zero-order valence-corrected chi connectivity index (χ0v) is 21.4. The van der Waals surface area contributed by atoms with E-state index in [0.717, 1.165) is 18.4 Å². The second-order valence-electron chi connectivity index (χ2n) is 9.10. The lowest BCUT2D eigenvalue weighted by molar-refractivity contribution is 0.204. The number of nitrogens with two attached hydrogens (primary N) is 1. The molecule has 0 spiro atoms. The summed E-state index contributed by atoms with van der Waals surface area (Å²) in [7, 11) is 1.53. The van der Waals surface area contributed by atoms with Crippen molar-refractivity contribution < 1.29 is 9.47 Å². The first kappa shape index (κ1) is 24.1. The van der Waals surface area contributed by atoms with Crippen LogP contribution < -0.4 is 20.1 Å². The standard InChI is InChI=1S/C25H23Cl2N7O2/c1-25(2)4-5-34(25)24-13(9-28)6-14(10-31-24)22-15-7-20(19(35-3)8-18(15)32-33-22)36-23(29)21-16(26)11-30-12-17(21)27/h6-8,10-12,23H,4-5,29H2,1-3H3,(H,32,33)/t23-/m0/s1. The van der Waals surface area contributed by atoms with Gasteiger partial charge in [0.15, 0.2) is 17.7 Å². The van der Waals surface area contributed by atoms with Gasteiger partial charge in [0.2, 0.25) is 0 Å². The molecule has 3 N–H and O–H groups in total.